The summed E-state index contributed by atoms with van der Waals surface area (Å²) < 4.78 is 130. The number of anilines is 3. The number of carbonyl (C=O) groups excluding carboxylic acids is 3. The van der Waals surface area contributed by atoms with Crippen LogP contribution in [0.4, 0.5) is 43.9 Å². The Hall–Kier alpha value is -12.8. The highest BCUT2D eigenvalue weighted by Gasteiger charge is 2.32. The van der Waals surface area contributed by atoms with Crippen LogP contribution in [0.3, 0.4) is 0 Å². The van der Waals surface area contributed by atoms with Crippen molar-refractivity contribution in [1.82, 2.24) is 77.5 Å². The van der Waals surface area contributed by atoms with Crippen molar-refractivity contribution in [2.24, 2.45) is 5.92 Å². The number of hydrogen-bond acceptors (Lipinski definition) is 22. The predicted molar refractivity (Wildman–Crippen MR) is 450 cm³/mol. The van der Waals surface area contributed by atoms with Gasteiger partial charge in [0.05, 0.1) is 87.5 Å². The summed E-state index contributed by atoms with van der Waals surface area (Å²) in [5.41, 5.74) is 5.55. The lowest BCUT2D eigenvalue weighted by atomic mass is 10.0. The fraction of sp³-hybridized carbons (Fsp3) is 0.356. The lowest BCUT2D eigenvalue weighted by Crippen LogP contribution is -2.48. The first kappa shape index (κ1) is 84.6. The SMILES string of the molecule is C=CC(=O)N1CCN(CCCc2cn3c(n2)c(-c2c(F)c(OC)cc(OC)c2F)cc2cnc(NC)cc23)CC1.C=CC(=O)N1CCN(CCCc2cn3c(n2)c(-c2c(F)c(OC)cc(OC)c2F)cc2cnc(NCC4CC4)cc23)CC1.C=CC(=O)N1CCN(Cc2cn3c(n2)c(-c2c(F)c(OC)cc(OC)c2F)cc2cnc(NC)nc23)CC1. The number of imidazole rings is 3. The number of pyridine rings is 5. The molecule has 3 aliphatic heterocycles. The van der Waals surface area contributed by atoms with E-state index in [4.69, 9.17) is 43.4 Å². The van der Waals surface area contributed by atoms with Gasteiger partial charge in [-0.3, -0.25) is 42.3 Å². The summed E-state index contributed by atoms with van der Waals surface area (Å²) in [6.07, 6.45) is 20.1. The monoisotopic (exact) mass is 1660 g/mol. The maximum Gasteiger partial charge on any atom is 0.246 e. The molecule has 12 aromatic rings. The second-order valence-corrected chi connectivity index (χ2v) is 29.6. The summed E-state index contributed by atoms with van der Waals surface area (Å²) in [5, 5.41) is 11.3. The van der Waals surface area contributed by atoms with Gasteiger partial charge < -0.3 is 59.1 Å². The van der Waals surface area contributed by atoms with E-state index in [1.165, 1.54) is 91.9 Å². The largest absolute Gasteiger partial charge is 0.494 e. The van der Waals surface area contributed by atoms with Crippen LogP contribution < -0.4 is 44.4 Å². The van der Waals surface area contributed by atoms with Crippen molar-refractivity contribution < 1.29 is 69.1 Å². The van der Waals surface area contributed by atoms with Crippen LogP contribution in [0.2, 0.25) is 0 Å². The Morgan fingerprint density at radius 1 is 0.421 bits per heavy atom. The molecule has 9 aromatic heterocycles. The van der Waals surface area contributed by atoms with Gasteiger partial charge in [0.2, 0.25) is 23.7 Å². The number of carbonyl (C=O) groups is 3. The second kappa shape index (κ2) is 37.2. The van der Waals surface area contributed by atoms with Crippen molar-refractivity contribution >= 4 is 85.1 Å². The van der Waals surface area contributed by atoms with Crippen molar-refractivity contribution in [3.63, 3.8) is 0 Å². The van der Waals surface area contributed by atoms with E-state index < -0.39 is 34.9 Å². The minimum atomic E-state index is -0.868. The zero-order valence-corrected chi connectivity index (χ0v) is 68.7. The van der Waals surface area contributed by atoms with E-state index in [1.54, 1.807) is 65.1 Å². The van der Waals surface area contributed by atoms with Gasteiger partial charge in [-0.15, -0.1) is 0 Å². The normalized spacial score (nSPS) is 14.7. The van der Waals surface area contributed by atoms with Gasteiger partial charge in [-0.2, -0.15) is 4.98 Å². The average Bonchev–Trinajstić information content (AvgIpc) is 1.67. The lowest BCUT2D eigenvalue weighted by Gasteiger charge is -2.34. The maximum absolute atomic E-state index is 15.7. The van der Waals surface area contributed by atoms with Gasteiger partial charge in [-0.25, -0.2) is 56.2 Å². The summed E-state index contributed by atoms with van der Waals surface area (Å²) in [4.78, 5) is 80.2. The number of piperazine rings is 3. The summed E-state index contributed by atoms with van der Waals surface area (Å²) >= 11 is 0. The van der Waals surface area contributed by atoms with E-state index in [0.717, 1.165) is 92.3 Å². The first-order chi connectivity index (χ1) is 58.6. The van der Waals surface area contributed by atoms with E-state index in [0.29, 0.717) is 128 Å². The number of amides is 3. The molecule has 4 aliphatic rings. The molecule has 0 bridgehead atoms. The molecule has 1 saturated carbocycles. The number of benzene rings is 3. The molecule has 34 heteroatoms. The Kier molecular flexibility index (Phi) is 26.0. The predicted octanol–water partition coefficient (Wildman–Crippen LogP) is 12.2. The van der Waals surface area contributed by atoms with Crippen molar-refractivity contribution in [1.29, 1.82) is 0 Å². The molecule has 3 aromatic carbocycles. The van der Waals surface area contributed by atoms with E-state index in [-0.39, 0.29) is 85.6 Å². The number of fused-ring (bicyclic) bond motifs is 9. The summed E-state index contributed by atoms with van der Waals surface area (Å²) in [7, 11) is 11.4. The standard InChI is InChI=1S/C32H36F2N6O3.C29H32F2N6O3.C26H27F2N7O3/c1-4-28(41)39-12-10-38(11-13-39)9-5-6-22-19-40-24-15-27(35-17-20-7-8-20)36-18-21(24)14-23(32(40)37-22)29-30(33)25(42-2)16-26(43-3)31(29)34;1-5-25(38)36-11-9-35(10-12-36)8-6-7-19-17-37-21-14-24(32-2)33-16-18(21)13-20(29(37)34-19)26-27(30)22(39-3)15-23(40-4)28(26)31;1-5-20(36)34-8-6-33(7-9-34)13-16-14-35-24-15(12-30-26(29-2)32-24)10-17(25(35)31-16)21-22(27)18(37-3)11-19(38-4)23(21)28/h4,14-16,18-20H,1,5-13,17H2,2-3H3,(H,35,36);5,13-17H,1,6-12H2,2-4H3,(H,32,33);5,10-12,14H,1,6-9,13H2,2-4H3,(H,29,30,32). The molecule has 0 unspecified atom stereocenters. The molecule has 634 valence electrons. The number of aromatic nitrogens is 10. The number of halogens is 6. The van der Waals surface area contributed by atoms with E-state index >= 15 is 26.3 Å². The number of nitrogens with zero attached hydrogens (tertiary/aromatic N) is 16. The molecule has 12 heterocycles. The third-order valence-electron chi connectivity index (χ3n) is 22.3. The van der Waals surface area contributed by atoms with Gasteiger partial charge in [-0.05, 0) is 94.0 Å². The second-order valence-electron chi connectivity index (χ2n) is 29.6. The maximum atomic E-state index is 15.7. The molecule has 121 heavy (non-hydrogen) atoms. The number of nitrogens with one attached hydrogen (secondary N) is 3. The molecule has 3 saturated heterocycles. The van der Waals surface area contributed by atoms with E-state index in [9.17, 15) is 14.4 Å². The van der Waals surface area contributed by atoms with Crippen molar-refractivity contribution in [3.8, 4) is 67.9 Å². The molecule has 0 spiro atoms. The number of rotatable bonds is 27. The Morgan fingerprint density at radius 3 is 1.16 bits per heavy atom. The van der Waals surface area contributed by atoms with Gasteiger partial charge in [-0.1, -0.05) is 19.7 Å². The molecular weight excluding hydrogens is 1570 g/mol. The van der Waals surface area contributed by atoms with Gasteiger partial charge in [0, 0.05) is 206 Å². The molecule has 3 amide bonds. The van der Waals surface area contributed by atoms with Crippen LogP contribution in [0.1, 0.15) is 42.8 Å². The molecule has 0 radical (unpaired) electrons. The van der Waals surface area contributed by atoms with E-state index in [2.05, 4.69) is 70.3 Å². The third-order valence-corrected chi connectivity index (χ3v) is 22.3. The molecule has 16 rings (SSSR count). The fourth-order valence-electron chi connectivity index (χ4n) is 15.5. The Morgan fingerprint density at radius 2 is 0.777 bits per heavy atom. The first-order valence-corrected chi connectivity index (χ1v) is 39.8. The summed E-state index contributed by atoms with van der Waals surface area (Å²) in [6, 6.07) is 12.4. The molecule has 28 nitrogen and oxygen atoms in total. The van der Waals surface area contributed by atoms with Crippen LogP contribution in [-0.2, 0) is 33.8 Å². The molecule has 3 N–H and O–H groups in total. The number of hydrogen-bond donors (Lipinski definition) is 3. The molecule has 0 atom stereocenters. The highest BCUT2D eigenvalue weighted by atomic mass is 19.2. The topological polar surface area (TPSA) is 266 Å². The van der Waals surface area contributed by atoms with Crippen LogP contribution >= 0.6 is 0 Å². The van der Waals surface area contributed by atoms with Crippen molar-refractivity contribution in [3.05, 3.63) is 176 Å². The number of aryl methyl sites for hydroxylation is 2. The van der Waals surface area contributed by atoms with E-state index in [1.807, 2.05) is 44.4 Å². The van der Waals surface area contributed by atoms with Gasteiger partial charge in [0.25, 0.3) is 0 Å². The summed E-state index contributed by atoms with van der Waals surface area (Å²) in [6.45, 7) is 22.1. The van der Waals surface area contributed by atoms with Crippen LogP contribution in [0, 0.1) is 40.8 Å². The van der Waals surface area contributed by atoms with Crippen LogP contribution in [-0.4, -0.2) is 250 Å². The smallest absolute Gasteiger partial charge is 0.246 e. The highest BCUT2D eigenvalue weighted by Crippen LogP contribution is 2.45. The number of ether oxygens (including phenoxy) is 6. The molecule has 1 aliphatic carbocycles. The van der Waals surface area contributed by atoms with Crippen LogP contribution in [0.25, 0.3) is 83.2 Å². The Labute approximate surface area is 694 Å². The Balaban J connectivity index is 0.000000149. The van der Waals surface area contributed by atoms with Gasteiger partial charge >= 0.3 is 0 Å². The minimum absolute atomic E-state index is 0.0324. The van der Waals surface area contributed by atoms with Crippen molar-refractivity contribution in [2.45, 2.75) is 45.1 Å². The zero-order chi connectivity index (χ0) is 85.4. The van der Waals surface area contributed by atoms with Crippen molar-refractivity contribution in [2.75, 3.05) is 171 Å². The quantitative estimate of drug-likeness (QED) is 0.0319. The minimum Gasteiger partial charge on any atom is -0.494 e. The third kappa shape index (κ3) is 17.8. The zero-order valence-electron chi connectivity index (χ0n) is 68.7. The van der Waals surface area contributed by atoms with Gasteiger partial charge in [0.1, 0.15) is 28.6 Å². The summed E-state index contributed by atoms with van der Waals surface area (Å²) in [5.74, 6) is -3.53. The Bertz CT molecular complexity index is 5850. The van der Waals surface area contributed by atoms with Gasteiger partial charge in [0.15, 0.2) is 75.0 Å². The van der Waals surface area contributed by atoms with Crippen LogP contribution in [0.15, 0.2) is 124 Å². The fourth-order valence-corrected chi connectivity index (χ4v) is 15.5. The highest BCUT2D eigenvalue weighted by molar-refractivity contribution is 5.96. The average molecular weight is 1660 g/mol. The lowest BCUT2D eigenvalue weighted by molar-refractivity contribution is -0.128. The first-order valence-electron chi connectivity index (χ1n) is 39.8. The molecule has 4 fully saturated rings. The van der Waals surface area contributed by atoms with Crippen LogP contribution in [0.5, 0.6) is 34.5 Å². The number of methoxy groups -OCH3 is 6. The molecular formula is C87H95F6N19O9.